The molecule has 6 N–H and O–H groups in total. The number of rotatable bonds is 19. The molecule has 18 heteroatoms. The van der Waals surface area contributed by atoms with Crippen molar-refractivity contribution in [3.8, 4) is 18.1 Å². The molecule has 6 unspecified atom stereocenters. The summed E-state index contributed by atoms with van der Waals surface area (Å²) >= 11 is 0. The minimum absolute atomic E-state index is 0.0743. The fraction of sp³-hybridized carbons (Fsp3) is 0.577. The van der Waals surface area contributed by atoms with Gasteiger partial charge in [0.25, 0.3) is 0 Å². The molecule has 1 fully saturated rings. The van der Waals surface area contributed by atoms with E-state index in [1.54, 1.807) is 0 Å². The number of benzene rings is 1. The Kier molecular flexibility index (Phi) is 15.8. The monoisotopic (exact) mass is 627 g/mol. The smallest absolute Gasteiger partial charge is 0.335 e. The first-order valence-corrected chi connectivity index (χ1v) is 13.2. The van der Waals surface area contributed by atoms with Crippen LogP contribution in [0, 0.1) is 12.3 Å². The van der Waals surface area contributed by atoms with Crippen LogP contribution in [0.25, 0.3) is 10.4 Å². The summed E-state index contributed by atoms with van der Waals surface area (Å²) in [7, 11) is 0. The van der Waals surface area contributed by atoms with E-state index in [0.29, 0.717) is 0 Å². The van der Waals surface area contributed by atoms with Crippen LogP contribution in [0.5, 0.6) is 5.75 Å². The Hall–Kier alpha value is -4.05. The molecule has 1 heterocycles. The van der Waals surface area contributed by atoms with Gasteiger partial charge in [-0.15, -0.1) is 12.3 Å². The standard InChI is InChI=1S/C26H34FN5O12/c1-2-3-4-17(31-19(33)13-41-9-7-40-8-10-42-14-29-32-28)24(37)30-16-5-6-18(15(11-16)12-27)43-26-22(36)20(34)21(35)23(44-26)25(38)39/h1,5-6,11,17,20-23,26,34-36H,3-4,7-10,12-14H2,(H,30,37)(H,31,33)(H,38,39). The molecular formula is C26H34FN5O12. The second kappa shape index (κ2) is 19.3. The molecule has 2 rings (SSSR count). The molecule has 0 aliphatic carbocycles. The number of carbonyl (C=O) groups excluding carboxylic acids is 2. The first kappa shape index (κ1) is 36.1. The highest BCUT2D eigenvalue weighted by Gasteiger charge is 2.48. The van der Waals surface area contributed by atoms with Crippen LogP contribution in [-0.2, 0) is 40.0 Å². The van der Waals surface area contributed by atoms with Gasteiger partial charge in [0.1, 0.15) is 50.1 Å². The Balaban J connectivity index is 1.92. The van der Waals surface area contributed by atoms with Crippen molar-refractivity contribution < 1.29 is 62.9 Å². The zero-order valence-corrected chi connectivity index (χ0v) is 23.4. The average Bonchev–Trinajstić information content (AvgIpc) is 3.00. The van der Waals surface area contributed by atoms with Crippen LogP contribution in [0.1, 0.15) is 18.4 Å². The molecular weight excluding hydrogens is 593 g/mol. The number of azide groups is 1. The maximum Gasteiger partial charge on any atom is 0.335 e. The number of carboxylic acids is 1. The van der Waals surface area contributed by atoms with Crippen LogP contribution in [-0.4, -0.2) is 115 Å². The summed E-state index contributed by atoms with van der Waals surface area (Å²) in [6.07, 6.45) is -3.85. The first-order chi connectivity index (χ1) is 21.1. The predicted octanol–water partition coefficient (Wildman–Crippen LogP) is -0.419. The minimum Gasteiger partial charge on any atom is -0.479 e. The minimum atomic E-state index is -1.93. The Labute approximate surface area is 250 Å². The number of nitrogens with zero attached hydrogens (tertiary/aromatic N) is 3. The summed E-state index contributed by atoms with van der Waals surface area (Å²) < 4.78 is 39.7. The number of halogens is 1. The number of amides is 2. The Morgan fingerprint density at radius 1 is 1.11 bits per heavy atom. The number of hydrogen-bond acceptors (Lipinski definition) is 12. The molecule has 44 heavy (non-hydrogen) atoms. The van der Waals surface area contributed by atoms with E-state index in [-0.39, 0.29) is 69.6 Å². The second-order valence-corrected chi connectivity index (χ2v) is 9.09. The number of nitrogens with one attached hydrogen (secondary N) is 2. The van der Waals surface area contributed by atoms with Crippen molar-refractivity contribution in [1.29, 1.82) is 0 Å². The second-order valence-electron chi connectivity index (χ2n) is 9.09. The van der Waals surface area contributed by atoms with Gasteiger partial charge < -0.3 is 54.7 Å². The van der Waals surface area contributed by atoms with E-state index in [1.165, 1.54) is 18.2 Å². The number of aliphatic carboxylic acids is 1. The summed E-state index contributed by atoms with van der Waals surface area (Å²) in [6, 6.07) is 2.66. The lowest BCUT2D eigenvalue weighted by Crippen LogP contribution is -2.61. The fourth-order valence-corrected chi connectivity index (χ4v) is 3.75. The molecule has 0 radical (unpaired) electrons. The zero-order valence-electron chi connectivity index (χ0n) is 23.4. The molecule has 6 atom stereocenters. The number of carboxylic acid groups (broad SMARTS) is 1. The van der Waals surface area contributed by atoms with E-state index in [0.717, 1.165) is 0 Å². The van der Waals surface area contributed by atoms with E-state index in [2.05, 4.69) is 26.6 Å². The fourth-order valence-electron chi connectivity index (χ4n) is 3.75. The third kappa shape index (κ3) is 11.6. The van der Waals surface area contributed by atoms with Crippen molar-refractivity contribution in [2.75, 3.05) is 45.1 Å². The number of hydrogen-bond donors (Lipinski definition) is 6. The van der Waals surface area contributed by atoms with E-state index >= 15 is 0 Å². The van der Waals surface area contributed by atoms with Gasteiger partial charge in [0.15, 0.2) is 6.10 Å². The van der Waals surface area contributed by atoms with Crippen molar-refractivity contribution in [1.82, 2.24) is 5.32 Å². The van der Waals surface area contributed by atoms with Gasteiger partial charge in [-0.05, 0) is 30.2 Å². The largest absolute Gasteiger partial charge is 0.479 e. The summed E-state index contributed by atoms with van der Waals surface area (Å²) in [5.74, 6) is -0.697. The van der Waals surface area contributed by atoms with Crippen molar-refractivity contribution in [2.45, 2.75) is 56.3 Å². The number of aliphatic hydroxyl groups excluding tert-OH is 3. The van der Waals surface area contributed by atoms with Crippen LogP contribution in [0.15, 0.2) is 23.3 Å². The summed E-state index contributed by atoms with van der Waals surface area (Å²) in [6.45, 7) is -0.952. The molecule has 17 nitrogen and oxygen atoms in total. The molecule has 1 aliphatic rings. The highest BCUT2D eigenvalue weighted by atomic mass is 19.1. The zero-order chi connectivity index (χ0) is 32.5. The highest BCUT2D eigenvalue weighted by Crippen LogP contribution is 2.29. The normalized spacial score (nSPS) is 21.8. The van der Waals surface area contributed by atoms with Gasteiger partial charge in [-0.3, -0.25) is 9.59 Å². The molecule has 0 spiro atoms. The van der Waals surface area contributed by atoms with E-state index in [1.807, 2.05) is 0 Å². The van der Waals surface area contributed by atoms with Crippen molar-refractivity contribution in [3.63, 3.8) is 0 Å². The molecule has 242 valence electrons. The van der Waals surface area contributed by atoms with Crippen LogP contribution < -0.4 is 15.4 Å². The first-order valence-electron chi connectivity index (χ1n) is 13.2. The number of ether oxygens (including phenoxy) is 5. The van der Waals surface area contributed by atoms with Gasteiger partial charge in [0.05, 0.1) is 26.4 Å². The highest BCUT2D eigenvalue weighted by molar-refractivity contribution is 5.97. The SMILES string of the molecule is C#CCCC(NC(=O)COCCOCCOCN=[N+]=[N-])C(=O)Nc1ccc(OC2OC(C(=O)O)C(O)C(O)C2O)c(CF)c1. The van der Waals surface area contributed by atoms with E-state index in [9.17, 15) is 39.2 Å². The van der Waals surface area contributed by atoms with Gasteiger partial charge >= 0.3 is 5.97 Å². The maximum atomic E-state index is 13.9. The molecule has 0 saturated carbocycles. The van der Waals surface area contributed by atoms with E-state index < -0.39 is 61.2 Å². The van der Waals surface area contributed by atoms with Crippen molar-refractivity contribution in [2.24, 2.45) is 5.11 Å². The number of terminal acetylenes is 1. The van der Waals surface area contributed by atoms with Crippen molar-refractivity contribution >= 4 is 23.5 Å². The van der Waals surface area contributed by atoms with Crippen LogP contribution in [0.4, 0.5) is 10.1 Å². The Morgan fingerprint density at radius 2 is 1.82 bits per heavy atom. The predicted molar refractivity (Wildman–Crippen MR) is 146 cm³/mol. The van der Waals surface area contributed by atoms with Crippen LogP contribution >= 0.6 is 0 Å². The third-order valence-electron chi connectivity index (χ3n) is 5.95. The number of aliphatic hydroxyl groups is 3. The summed E-state index contributed by atoms with van der Waals surface area (Å²) in [5, 5.41) is 47.4. The third-order valence-corrected chi connectivity index (χ3v) is 5.95. The molecule has 1 aromatic carbocycles. The Bertz CT molecular complexity index is 1190. The van der Waals surface area contributed by atoms with Crippen molar-refractivity contribution in [3.05, 3.63) is 34.2 Å². The van der Waals surface area contributed by atoms with Gasteiger partial charge in [0.2, 0.25) is 18.1 Å². The molecule has 1 saturated heterocycles. The average molecular weight is 628 g/mol. The summed E-state index contributed by atoms with van der Waals surface area (Å²) in [5.41, 5.74) is 8.11. The topological polar surface area (TPSA) is 251 Å². The van der Waals surface area contributed by atoms with Crippen LogP contribution in [0.2, 0.25) is 0 Å². The molecule has 0 bridgehead atoms. The van der Waals surface area contributed by atoms with Crippen LogP contribution in [0.3, 0.4) is 0 Å². The van der Waals surface area contributed by atoms with Gasteiger partial charge in [-0.1, -0.05) is 5.11 Å². The lowest BCUT2D eigenvalue weighted by atomic mass is 9.99. The Morgan fingerprint density at radius 3 is 2.48 bits per heavy atom. The quantitative estimate of drug-likeness (QED) is 0.0376. The van der Waals surface area contributed by atoms with Gasteiger partial charge in [-0.25, -0.2) is 9.18 Å². The lowest BCUT2D eigenvalue weighted by Gasteiger charge is -2.38. The van der Waals surface area contributed by atoms with Gasteiger partial charge in [-0.2, -0.15) is 0 Å². The lowest BCUT2D eigenvalue weighted by molar-refractivity contribution is -0.271. The number of anilines is 1. The number of alkyl halides is 1. The molecule has 1 aromatic rings. The maximum absolute atomic E-state index is 13.9. The van der Waals surface area contributed by atoms with Gasteiger partial charge in [0, 0.05) is 22.6 Å². The molecule has 2 amide bonds. The molecule has 1 aliphatic heterocycles. The summed E-state index contributed by atoms with van der Waals surface area (Å²) in [4.78, 5) is 39.1. The number of carbonyl (C=O) groups is 3. The molecule has 0 aromatic heterocycles. The van der Waals surface area contributed by atoms with E-state index in [4.69, 9.17) is 35.6 Å².